The molecule has 2 aromatic heterocycles. The SMILES string of the molecule is CCn1c(=O)nc(-c2ccccc2)c2cccnc21. The van der Waals surface area contributed by atoms with Crippen molar-refractivity contribution in [2.75, 3.05) is 0 Å². The van der Waals surface area contributed by atoms with E-state index in [9.17, 15) is 4.79 Å². The van der Waals surface area contributed by atoms with E-state index in [1.54, 1.807) is 10.8 Å². The van der Waals surface area contributed by atoms with Crippen LogP contribution in [0.5, 0.6) is 0 Å². The first-order valence-corrected chi connectivity index (χ1v) is 6.22. The Kier molecular flexibility index (Phi) is 2.83. The molecule has 19 heavy (non-hydrogen) atoms. The van der Waals surface area contributed by atoms with E-state index in [2.05, 4.69) is 9.97 Å². The van der Waals surface area contributed by atoms with Crippen molar-refractivity contribution in [3.8, 4) is 11.3 Å². The summed E-state index contributed by atoms with van der Waals surface area (Å²) in [5.74, 6) is 0. The first kappa shape index (κ1) is 11.6. The highest BCUT2D eigenvalue weighted by Gasteiger charge is 2.11. The van der Waals surface area contributed by atoms with Crippen LogP contribution in [0, 0.1) is 0 Å². The van der Waals surface area contributed by atoms with E-state index in [4.69, 9.17) is 0 Å². The van der Waals surface area contributed by atoms with Crippen molar-refractivity contribution in [2.45, 2.75) is 13.5 Å². The van der Waals surface area contributed by atoms with Crippen LogP contribution >= 0.6 is 0 Å². The molecule has 2 heterocycles. The maximum absolute atomic E-state index is 12.1. The molecule has 0 fully saturated rings. The summed E-state index contributed by atoms with van der Waals surface area (Å²) in [5, 5.41) is 0.898. The van der Waals surface area contributed by atoms with Gasteiger partial charge in [-0.3, -0.25) is 4.57 Å². The van der Waals surface area contributed by atoms with E-state index in [1.165, 1.54) is 0 Å². The standard InChI is InChI=1S/C15H13N3O/c1-2-18-14-12(9-6-10-16-14)13(17-15(18)19)11-7-4-3-5-8-11/h3-10H,2H2,1H3. The van der Waals surface area contributed by atoms with Gasteiger partial charge in [-0.05, 0) is 19.1 Å². The van der Waals surface area contributed by atoms with Gasteiger partial charge in [-0.2, -0.15) is 4.98 Å². The van der Waals surface area contributed by atoms with Crippen LogP contribution in [0.3, 0.4) is 0 Å². The molecule has 0 atom stereocenters. The molecule has 0 amide bonds. The molecule has 0 aliphatic rings. The normalized spacial score (nSPS) is 10.8. The van der Waals surface area contributed by atoms with E-state index in [0.29, 0.717) is 17.9 Å². The monoisotopic (exact) mass is 251 g/mol. The number of hydrogen-bond acceptors (Lipinski definition) is 3. The number of hydrogen-bond donors (Lipinski definition) is 0. The lowest BCUT2D eigenvalue weighted by atomic mass is 10.1. The minimum Gasteiger partial charge on any atom is -0.276 e. The first-order valence-electron chi connectivity index (χ1n) is 6.22. The summed E-state index contributed by atoms with van der Waals surface area (Å²) in [6.45, 7) is 2.48. The number of rotatable bonds is 2. The zero-order valence-electron chi connectivity index (χ0n) is 10.6. The zero-order chi connectivity index (χ0) is 13.2. The molecule has 0 aliphatic carbocycles. The molecule has 0 radical (unpaired) electrons. The van der Waals surface area contributed by atoms with Gasteiger partial charge in [0.25, 0.3) is 0 Å². The van der Waals surface area contributed by atoms with Gasteiger partial charge in [-0.1, -0.05) is 30.3 Å². The van der Waals surface area contributed by atoms with Gasteiger partial charge in [-0.25, -0.2) is 9.78 Å². The third-order valence-corrected chi connectivity index (χ3v) is 3.10. The van der Waals surface area contributed by atoms with Crippen LogP contribution in [-0.4, -0.2) is 14.5 Å². The molecule has 94 valence electrons. The van der Waals surface area contributed by atoms with Crippen molar-refractivity contribution < 1.29 is 0 Å². The fourth-order valence-electron chi connectivity index (χ4n) is 2.20. The van der Waals surface area contributed by atoms with Gasteiger partial charge >= 0.3 is 5.69 Å². The predicted octanol–water partition coefficient (Wildman–Crippen LogP) is 2.48. The van der Waals surface area contributed by atoms with Gasteiger partial charge in [-0.15, -0.1) is 0 Å². The summed E-state index contributed by atoms with van der Waals surface area (Å²) in [7, 11) is 0. The average molecular weight is 251 g/mol. The molecular formula is C15H13N3O. The zero-order valence-corrected chi connectivity index (χ0v) is 10.6. The smallest absolute Gasteiger partial charge is 0.276 e. The van der Waals surface area contributed by atoms with Crippen molar-refractivity contribution in [2.24, 2.45) is 0 Å². The van der Waals surface area contributed by atoms with Crippen molar-refractivity contribution >= 4 is 11.0 Å². The van der Waals surface area contributed by atoms with Crippen molar-refractivity contribution in [1.29, 1.82) is 0 Å². The number of aryl methyl sites for hydroxylation is 1. The Hall–Kier alpha value is -2.49. The Morgan fingerprint density at radius 2 is 1.89 bits per heavy atom. The van der Waals surface area contributed by atoms with Gasteiger partial charge in [0.2, 0.25) is 0 Å². The molecular weight excluding hydrogens is 238 g/mol. The number of nitrogens with zero attached hydrogens (tertiary/aromatic N) is 3. The van der Waals surface area contributed by atoms with Gasteiger partial charge in [0.05, 0.1) is 5.69 Å². The second-order valence-electron chi connectivity index (χ2n) is 4.23. The molecule has 0 N–H and O–H groups in total. The molecule has 0 aliphatic heterocycles. The lowest BCUT2D eigenvalue weighted by molar-refractivity contribution is 0.723. The molecule has 3 rings (SSSR count). The van der Waals surface area contributed by atoms with E-state index >= 15 is 0 Å². The quantitative estimate of drug-likeness (QED) is 0.703. The maximum atomic E-state index is 12.1. The topological polar surface area (TPSA) is 47.8 Å². The number of fused-ring (bicyclic) bond motifs is 1. The maximum Gasteiger partial charge on any atom is 0.349 e. The molecule has 0 bridgehead atoms. The molecule has 3 aromatic rings. The van der Waals surface area contributed by atoms with Gasteiger partial charge in [0.1, 0.15) is 5.65 Å². The Labute approximate surface area is 110 Å². The van der Waals surface area contributed by atoms with Crippen LogP contribution in [0.4, 0.5) is 0 Å². The van der Waals surface area contributed by atoms with Crippen molar-refractivity contribution in [1.82, 2.24) is 14.5 Å². The number of benzene rings is 1. The van der Waals surface area contributed by atoms with Crippen LogP contribution in [0.2, 0.25) is 0 Å². The third-order valence-electron chi connectivity index (χ3n) is 3.10. The molecule has 0 saturated heterocycles. The Balaban J connectivity index is 2.42. The lowest BCUT2D eigenvalue weighted by Crippen LogP contribution is -2.23. The van der Waals surface area contributed by atoms with E-state index < -0.39 is 0 Å². The third kappa shape index (κ3) is 1.91. The molecule has 1 aromatic carbocycles. The summed E-state index contributed by atoms with van der Waals surface area (Å²) >= 11 is 0. The fourth-order valence-corrected chi connectivity index (χ4v) is 2.20. The van der Waals surface area contributed by atoms with Crippen LogP contribution in [0.15, 0.2) is 53.5 Å². The highest BCUT2D eigenvalue weighted by atomic mass is 16.1. The Morgan fingerprint density at radius 1 is 1.11 bits per heavy atom. The Bertz CT molecular complexity index is 778. The second-order valence-corrected chi connectivity index (χ2v) is 4.23. The number of aromatic nitrogens is 3. The van der Waals surface area contributed by atoms with Gasteiger partial charge in [0, 0.05) is 23.7 Å². The molecule has 0 saturated carbocycles. The average Bonchev–Trinajstić information content (AvgIpc) is 2.47. The fraction of sp³-hybridized carbons (Fsp3) is 0.133. The van der Waals surface area contributed by atoms with Crippen LogP contribution in [0.25, 0.3) is 22.3 Å². The molecule has 0 unspecified atom stereocenters. The predicted molar refractivity (Wildman–Crippen MR) is 74.9 cm³/mol. The van der Waals surface area contributed by atoms with Crippen LogP contribution in [-0.2, 0) is 6.54 Å². The lowest BCUT2D eigenvalue weighted by Gasteiger charge is -2.09. The summed E-state index contributed by atoms with van der Waals surface area (Å²) < 4.78 is 1.59. The minimum atomic E-state index is -0.257. The van der Waals surface area contributed by atoms with Crippen LogP contribution in [0.1, 0.15) is 6.92 Å². The second kappa shape index (κ2) is 4.65. The summed E-state index contributed by atoms with van der Waals surface area (Å²) in [4.78, 5) is 20.6. The Morgan fingerprint density at radius 3 is 2.63 bits per heavy atom. The van der Waals surface area contributed by atoms with Crippen LogP contribution < -0.4 is 5.69 Å². The largest absolute Gasteiger partial charge is 0.349 e. The van der Waals surface area contributed by atoms with Crippen molar-refractivity contribution in [3.63, 3.8) is 0 Å². The molecule has 0 spiro atoms. The summed E-state index contributed by atoms with van der Waals surface area (Å²) in [5.41, 5.74) is 2.05. The highest BCUT2D eigenvalue weighted by molar-refractivity contribution is 5.90. The molecule has 4 heteroatoms. The highest BCUT2D eigenvalue weighted by Crippen LogP contribution is 2.23. The molecule has 4 nitrogen and oxygen atoms in total. The summed E-state index contributed by atoms with van der Waals surface area (Å²) in [6.07, 6.45) is 1.70. The number of pyridine rings is 1. The van der Waals surface area contributed by atoms with Gasteiger partial charge in [0.15, 0.2) is 0 Å². The van der Waals surface area contributed by atoms with E-state index in [0.717, 1.165) is 10.9 Å². The minimum absolute atomic E-state index is 0.257. The van der Waals surface area contributed by atoms with E-state index in [1.807, 2.05) is 49.4 Å². The van der Waals surface area contributed by atoms with Crippen molar-refractivity contribution in [3.05, 3.63) is 59.1 Å². The van der Waals surface area contributed by atoms with Gasteiger partial charge < -0.3 is 0 Å². The van der Waals surface area contributed by atoms with E-state index in [-0.39, 0.29) is 5.69 Å². The first-order chi connectivity index (χ1) is 9.31. The summed E-state index contributed by atoms with van der Waals surface area (Å²) in [6, 6.07) is 13.5.